The van der Waals surface area contributed by atoms with Gasteiger partial charge >= 0.3 is 0 Å². The second-order valence-corrected chi connectivity index (χ2v) is 3.27. The van der Waals surface area contributed by atoms with Gasteiger partial charge in [0.15, 0.2) is 0 Å². The van der Waals surface area contributed by atoms with E-state index in [4.69, 9.17) is 0 Å². The van der Waals surface area contributed by atoms with Crippen LogP contribution in [0, 0.1) is 0 Å². The van der Waals surface area contributed by atoms with Gasteiger partial charge in [-0.3, -0.25) is 4.79 Å². The van der Waals surface area contributed by atoms with E-state index in [1.807, 2.05) is 24.3 Å². The minimum atomic E-state index is -0.0417. The molecule has 0 saturated heterocycles. The number of aromatic amines is 2. The van der Waals surface area contributed by atoms with Gasteiger partial charge in [0.05, 0.1) is 16.4 Å². The SMILES string of the molecule is O=c1[nH]c2ccccc2c2[nH]ccc12. The van der Waals surface area contributed by atoms with Crippen LogP contribution in [0.1, 0.15) is 0 Å². The third-order valence-corrected chi connectivity index (χ3v) is 2.44. The number of hydrogen-bond donors (Lipinski definition) is 2. The van der Waals surface area contributed by atoms with Crippen LogP contribution in [0.25, 0.3) is 21.8 Å². The first-order valence-electron chi connectivity index (χ1n) is 4.44. The first-order valence-corrected chi connectivity index (χ1v) is 4.44. The summed E-state index contributed by atoms with van der Waals surface area (Å²) in [6.07, 6.45) is 1.78. The van der Waals surface area contributed by atoms with Crippen molar-refractivity contribution in [3.05, 3.63) is 46.9 Å². The molecule has 0 aliphatic carbocycles. The van der Waals surface area contributed by atoms with E-state index < -0.39 is 0 Å². The predicted molar refractivity (Wildman–Crippen MR) is 56.4 cm³/mol. The van der Waals surface area contributed by atoms with E-state index in [1.165, 1.54) is 0 Å². The van der Waals surface area contributed by atoms with Crippen molar-refractivity contribution < 1.29 is 0 Å². The van der Waals surface area contributed by atoms with E-state index in [0.717, 1.165) is 16.4 Å². The Balaban J connectivity index is 2.73. The Hall–Kier alpha value is -2.03. The molecular formula is C11H8N2O. The Kier molecular flexibility index (Phi) is 1.31. The largest absolute Gasteiger partial charge is 0.360 e. The van der Waals surface area contributed by atoms with Gasteiger partial charge in [0, 0.05) is 11.6 Å². The molecule has 0 amide bonds. The molecule has 3 heteroatoms. The minimum Gasteiger partial charge on any atom is -0.360 e. The molecule has 0 aliphatic rings. The second-order valence-electron chi connectivity index (χ2n) is 3.27. The summed E-state index contributed by atoms with van der Waals surface area (Å²) in [7, 11) is 0. The van der Waals surface area contributed by atoms with Gasteiger partial charge in [0.25, 0.3) is 5.56 Å². The quantitative estimate of drug-likeness (QED) is 0.551. The molecule has 14 heavy (non-hydrogen) atoms. The van der Waals surface area contributed by atoms with Gasteiger partial charge in [0.1, 0.15) is 0 Å². The smallest absolute Gasteiger partial charge is 0.257 e. The molecular weight excluding hydrogens is 176 g/mol. The lowest BCUT2D eigenvalue weighted by Gasteiger charge is -1.98. The number of pyridine rings is 1. The third kappa shape index (κ3) is 0.836. The van der Waals surface area contributed by atoms with Crippen molar-refractivity contribution in [3.8, 4) is 0 Å². The van der Waals surface area contributed by atoms with Crippen LogP contribution in [0.5, 0.6) is 0 Å². The lowest BCUT2D eigenvalue weighted by Crippen LogP contribution is -2.04. The number of hydrogen-bond acceptors (Lipinski definition) is 1. The van der Waals surface area contributed by atoms with Crippen molar-refractivity contribution in [1.82, 2.24) is 9.97 Å². The van der Waals surface area contributed by atoms with Crippen LogP contribution >= 0.6 is 0 Å². The first-order chi connectivity index (χ1) is 6.86. The Morgan fingerprint density at radius 1 is 1.00 bits per heavy atom. The summed E-state index contributed by atoms with van der Waals surface area (Å²) in [4.78, 5) is 17.5. The summed E-state index contributed by atoms with van der Waals surface area (Å²) < 4.78 is 0. The average Bonchev–Trinajstić information content (AvgIpc) is 2.67. The molecule has 2 aromatic heterocycles. The van der Waals surface area contributed by atoms with Crippen LogP contribution in [-0.2, 0) is 0 Å². The molecule has 0 spiro atoms. The fraction of sp³-hybridized carbons (Fsp3) is 0. The zero-order valence-electron chi connectivity index (χ0n) is 7.37. The average molecular weight is 184 g/mol. The fourth-order valence-corrected chi connectivity index (χ4v) is 1.78. The van der Waals surface area contributed by atoms with Crippen molar-refractivity contribution in [1.29, 1.82) is 0 Å². The van der Waals surface area contributed by atoms with Crippen molar-refractivity contribution in [2.75, 3.05) is 0 Å². The molecule has 0 unspecified atom stereocenters. The van der Waals surface area contributed by atoms with Crippen LogP contribution in [0.2, 0.25) is 0 Å². The zero-order valence-corrected chi connectivity index (χ0v) is 7.37. The highest BCUT2D eigenvalue weighted by molar-refractivity contribution is 6.02. The maximum atomic E-state index is 11.6. The maximum absolute atomic E-state index is 11.6. The Morgan fingerprint density at radius 3 is 2.79 bits per heavy atom. The number of rotatable bonds is 0. The molecule has 3 aromatic rings. The van der Waals surface area contributed by atoms with Gasteiger partial charge in [-0.2, -0.15) is 0 Å². The van der Waals surface area contributed by atoms with E-state index in [1.54, 1.807) is 12.3 Å². The van der Waals surface area contributed by atoms with Crippen molar-refractivity contribution in [3.63, 3.8) is 0 Å². The Morgan fingerprint density at radius 2 is 1.86 bits per heavy atom. The standard InChI is InChI=1S/C11H8N2O/c14-11-8-5-6-12-10(8)7-3-1-2-4-9(7)13-11/h1-6,12H,(H,13,14). The van der Waals surface area contributed by atoms with E-state index in [2.05, 4.69) is 9.97 Å². The number of benzene rings is 1. The van der Waals surface area contributed by atoms with Gasteiger partial charge in [-0.15, -0.1) is 0 Å². The molecule has 2 N–H and O–H groups in total. The molecule has 0 aliphatic heterocycles. The number of para-hydroxylation sites is 1. The Bertz CT molecular complexity index is 663. The number of fused-ring (bicyclic) bond motifs is 3. The third-order valence-electron chi connectivity index (χ3n) is 2.44. The van der Waals surface area contributed by atoms with E-state index in [9.17, 15) is 4.79 Å². The summed E-state index contributed by atoms with van der Waals surface area (Å²) in [5, 5.41) is 1.76. The normalized spacial score (nSPS) is 11.1. The van der Waals surface area contributed by atoms with Crippen LogP contribution in [0.15, 0.2) is 41.3 Å². The van der Waals surface area contributed by atoms with E-state index in [0.29, 0.717) is 5.39 Å². The van der Waals surface area contributed by atoms with Crippen LogP contribution in [0.3, 0.4) is 0 Å². The second kappa shape index (κ2) is 2.48. The summed E-state index contributed by atoms with van der Waals surface area (Å²) in [5.74, 6) is 0. The lowest BCUT2D eigenvalue weighted by atomic mass is 10.2. The molecule has 1 aromatic carbocycles. The van der Waals surface area contributed by atoms with Gasteiger partial charge in [-0.25, -0.2) is 0 Å². The minimum absolute atomic E-state index is 0.0417. The summed E-state index contributed by atoms with van der Waals surface area (Å²) in [6, 6.07) is 9.55. The zero-order chi connectivity index (χ0) is 9.54. The highest BCUT2D eigenvalue weighted by Gasteiger charge is 2.03. The summed E-state index contributed by atoms with van der Waals surface area (Å²) in [6.45, 7) is 0. The first kappa shape index (κ1) is 7.38. The molecule has 3 nitrogen and oxygen atoms in total. The van der Waals surface area contributed by atoms with Crippen molar-refractivity contribution in [2.24, 2.45) is 0 Å². The predicted octanol–water partition coefficient (Wildman–Crippen LogP) is 2.01. The molecule has 0 radical (unpaired) electrons. The highest BCUT2D eigenvalue weighted by atomic mass is 16.1. The van der Waals surface area contributed by atoms with Gasteiger partial charge < -0.3 is 9.97 Å². The Labute approximate surface area is 79.4 Å². The molecule has 0 bridgehead atoms. The van der Waals surface area contributed by atoms with Crippen LogP contribution in [0.4, 0.5) is 0 Å². The molecule has 0 saturated carbocycles. The maximum Gasteiger partial charge on any atom is 0.257 e. The lowest BCUT2D eigenvalue weighted by molar-refractivity contribution is 1.34. The van der Waals surface area contributed by atoms with Gasteiger partial charge in [-0.1, -0.05) is 18.2 Å². The number of nitrogens with one attached hydrogen (secondary N) is 2. The molecule has 2 heterocycles. The van der Waals surface area contributed by atoms with Crippen LogP contribution < -0.4 is 5.56 Å². The highest BCUT2D eigenvalue weighted by Crippen LogP contribution is 2.18. The van der Waals surface area contributed by atoms with Gasteiger partial charge in [0.2, 0.25) is 0 Å². The van der Waals surface area contributed by atoms with Crippen molar-refractivity contribution in [2.45, 2.75) is 0 Å². The van der Waals surface area contributed by atoms with E-state index >= 15 is 0 Å². The number of aromatic nitrogens is 2. The number of H-pyrrole nitrogens is 2. The van der Waals surface area contributed by atoms with E-state index in [-0.39, 0.29) is 5.56 Å². The summed E-state index contributed by atoms with van der Waals surface area (Å²) >= 11 is 0. The monoisotopic (exact) mass is 184 g/mol. The summed E-state index contributed by atoms with van der Waals surface area (Å²) in [5.41, 5.74) is 1.73. The molecule has 3 rings (SSSR count). The molecule has 68 valence electrons. The molecule has 0 atom stereocenters. The van der Waals surface area contributed by atoms with Crippen LogP contribution in [-0.4, -0.2) is 9.97 Å². The molecule has 0 fully saturated rings. The van der Waals surface area contributed by atoms with Gasteiger partial charge in [-0.05, 0) is 12.1 Å². The van der Waals surface area contributed by atoms with Crippen molar-refractivity contribution >= 4 is 21.8 Å². The fourth-order valence-electron chi connectivity index (χ4n) is 1.78. The topological polar surface area (TPSA) is 48.6 Å².